The molecule has 1 saturated heterocycles. The number of halogens is 1. The molecule has 26 heavy (non-hydrogen) atoms. The lowest BCUT2D eigenvalue weighted by atomic mass is 9.73. The summed E-state index contributed by atoms with van der Waals surface area (Å²) in [6.45, 7) is 2.03. The van der Waals surface area contributed by atoms with Crippen molar-refractivity contribution in [3.63, 3.8) is 0 Å². The van der Waals surface area contributed by atoms with Gasteiger partial charge in [-0.15, -0.1) is 0 Å². The molecule has 0 unspecified atom stereocenters. The number of hydrogen-bond acceptors (Lipinski definition) is 3. The minimum absolute atomic E-state index is 0.0372. The molecule has 5 rings (SSSR count). The topological polar surface area (TPSA) is 49.0 Å². The standard InChI is InChI=1S/C21H20FN3O/c1-25-6-4-21(5-7-25)10-19(26)15-3-2-13(8-18(15)21)17-12-24-20-16(17)9-14(22)11-23-20/h2-3,8-9,11-12H,4-7,10H2,1H3,(H,23,24). The molecule has 2 aliphatic rings. The Kier molecular flexibility index (Phi) is 3.31. The number of ketones is 1. The van der Waals surface area contributed by atoms with E-state index in [-0.39, 0.29) is 17.0 Å². The van der Waals surface area contributed by atoms with E-state index in [4.69, 9.17) is 0 Å². The number of nitrogens with zero attached hydrogens (tertiary/aromatic N) is 2. The third kappa shape index (κ3) is 2.23. The Bertz CT molecular complexity index is 1030. The number of aromatic amines is 1. The maximum Gasteiger partial charge on any atom is 0.164 e. The second kappa shape index (κ2) is 5.48. The first-order valence-corrected chi connectivity index (χ1v) is 9.05. The molecule has 0 bridgehead atoms. The van der Waals surface area contributed by atoms with E-state index in [0.717, 1.165) is 48.0 Å². The zero-order valence-electron chi connectivity index (χ0n) is 14.7. The van der Waals surface area contributed by atoms with E-state index in [1.54, 1.807) is 0 Å². The van der Waals surface area contributed by atoms with E-state index in [9.17, 15) is 9.18 Å². The van der Waals surface area contributed by atoms with Crippen LogP contribution in [0.4, 0.5) is 4.39 Å². The summed E-state index contributed by atoms with van der Waals surface area (Å²) in [5.41, 5.74) is 4.61. The van der Waals surface area contributed by atoms with Gasteiger partial charge in [-0.1, -0.05) is 12.1 Å². The van der Waals surface area contributed by atoms with Crippen LogP contribution in [0.15, 0.2) is 36.7 Å². The molecule has 0 amide bonds. The third-order valence-electron chi connectivity index (χ3n) is 6.14. The molecule has 0 atom stereocenters. The average molecular weight is 349 g/mol. The summed E-state index contributed by atoms with van der Waals surface area (Å²) in [4.78, 5) is 22.1. The Hall–Kier alpha value is -2.53. The van der Waals surface area contributed by atoms with Gasteiger partial charge >= 0.3 is 0 Å². The smallest absolute Gasteiger partial charge is 0.164 e. The van der Waals surface area contributed by atoms with Crippen LogP contribution in [0.25, 0.3) is 22.2 Å². The molecule has 4 nitrogen and oxygen atoms in total. The first-order chi connectivity index (χ1) is 12.6. The van der Waals surface area contributed by atoms with Crippen LogP contribution in [-0.4, -0.2) is 40.8 Å². The quantitative estimate of drug-likeness (QED) is 0.724. The van der Waals surface area contributed by atoms with E-state index in [1.165, 1.54) is 17.8 Å². The van der Waals surface area contributed by atoms with Crippen molar-refractivity contribution in [1.82, 2.24) is 14.9 Å². The summed E-state index contributed by atoms with van der Waals surface area (Å²) < 4.78 is 13.7. The first kappa shape index (κ1) is 15.7. The molecule has 2 aromatic heterocycles. The SMILES string of the molecule is CN1CCC2(CC1)CC(=O)c1ccc(-c3c[nH]c4ncc(F)cc34)cc12. The van der Waals surface area contributed by atoms with E-state index < -0.39 is 0 Å². The zero-order chi connectivity index (χ0) is 17.9. The largest absolute Gasteiger partial charge is 0.346 e. The summed E-state index contributed by atoms with van der Waals surface area (Å²) in [5.74, 6) is -0.0933. The van der Waals surface area contributed by atoms with Crippen LogP contribution in [0.2, 0.25) is 0 Å². The molecular weight excluding hydrogens is 329 g/mol. The van der Waals surface area contributed by atoms with Crippen LogP contribution in [0.3, 0.4) is 0 Å². The molecule has 3 aromatic rings. The van der Waals surface area contributed by atoms with Gasteiger partial charge in [0.25, 0.3) is 0 Å². The van der Waals surface area contributed by atoms with Crippen molar-refractivity contribution in [2.45, 2.75) is 24.7 Å². The maximum atomic E-state index is 13.7. The van der Waals surface area contributed by atoms with Crippen molar-refractivity contribution in [3.8, 4) is 11.1 Å². The molecule has 1 fully saturated rings. The normalized spacial score (nSPS) is 19.4. The molecule has 1 N–H and O–H groups in total. The second-order valence-electron chi connectivity index (χ2n) is 7.70. The van der Waals surface area contributed by atoms with Crippen molar-refractivity contribution in [2.75, 3.05) is 20.1 Å². The number of likely N-dealkylation sites (tertiary alicyclic amines) is 1. The highest BCUT2D eigenvalue weighted by molar-refractivity contribution is 6.03. The van der Waals surface area contributed by atoms with Gasteiger partial charge in [0, 0.05) is 34.5 Å². The van der Waals surface area contributed by atoms with Gasteiger partial charge in [0.2, 0.25) is 0 Å². The predicted octanol–water partition coefficient (Wildman–Crippen LogP) is 3.92. The number of benzene rings is 1. The van der Waals surface area contributed by atoms with Gasteiger partial charge in [-0.2, -0.15) is 0 Å². The summed E-state index contributed by atoms with van der Waals surface area (Å²) in [5, 5.41) is 0.770. The van der Waals surface area contributed by atoms with Gasteiger partial charge < -0.3 is 9.88 Å². The van der Waals surface area contributed by atoms with Gasteiger partial charge in [0.1, 0.15) is 11.5 Å². The molecule has 132 valence electrons. The number of Topliss-reactive ketones (excluding diaryl/α,β-unsaturated/α-hetero) is 1. The lowest BCUT2D eigenvalue weighted by Gasteiger charge is -2.38. The van der Waals surface area contributed by atoms with E-state index in [1.807, 2.05) is 18.3 Å². The van der Waals surface area contributed by atoms with Crippen molar-refractivity contribution >= 4 is 16.8 Å². The summed E-state index contributed by atoms with van der Waals surface area (Å²) in [7, 11) is 2.13. The number of carbonyl (C=O) groups excluding carboxylic acids is 1. The highest BCUT2D eigenvalue weighted by Crippen LogP contribution is 2.47. The van der Waals surface area contributed by atoms with Gasteiger partial charge in [0.15, 0.2) is 5.78 Å². The van der Waals surface area contributed by atoms with E-state index in [0.29, 0.717) is 12.1 Å². The van der Waals surface area contributed by atoms with Crippen molar-refractivity contribution in [2.24, 2.45) is 0 Å². The van der Waals surface area contributed by atoms with Crippen LogP contribution >= 0.6 is 0 Å². The fraction of sp³-hybridized carbons (Fsp3) is 0.333. The maximum absolute atomic E-state index is 13.7. The molecule has 1 aliphatic carbocycles. The highest BCUT2D eigenvalue weighted by atomic mass is 19.1. The van der Waals surface area contributed by atoms with Gasteiger partial charge in [-0.05, 0) is 56.2 Å². The number of aromatic nitrogens is 2. The lowest BCUT2D eigenvalue weighted by molar-refractivity contribution is 0.0945. The molecule has 0 radical (unpaired) electrons. The first-order valence-electron chi connectivity index (χ1n) is 9.05. The third-order valence-corrected chi connectivity index (χ3v) is 6.14. The van der Waals surface area contributed by atoms with Crippen molar-refractivity contribution in [3.05, 3.63) is 53.6 Å². The number of pyridine rings is 1. The summed E-state index contributed by atoms with van der Waals surface area (Å²) in [6, 6.07) is 7.58. The Balaban J connectivity index is 1.65. The molecule has 5 heteroatoms. The average Bonchev–Trinajstić information content (AvgIpc) is 3.17. The summed E-state index contributed by atoms with van der Waals surface area (Å²) >= 11 is 0. The number of carbonyl (C=O) groups is 1. The minimum atomic E-state index is -0.346. The Labute approximate surface area is 151 Å². The monoisotopic (exact) mass is 349 g/mol. The van der Waals surface area contributed by atoms with Crippen LogP contribution in [0.5, 0.6) is 0 Å². The number of nitrogens with one attached hydrogen (secondary N) is 1. The number of hydrogen-bond donors (Lipinski definition) is 1. The van der Waals surface area contributed by atoms with E-state index >= 15 is 0 Å². The minimum Gasteiger partial charge on any atom is -0.346 e. The second-order valence-corrected chi connectivity index (χ2v) is 7.70. The van der Waals surface area contributed by atoms with Crippen LogP contribution in [0.1, 0.15) is 35.2 Å². The van der Waals surface area contributed by atoms with Crippen molar-refractivity contribution < 1.29 is 9.18 Å². The fourth-order valence-electron chi connectivity index (χ4n) is 4.60. The Morgan fingerprint density at radius 1 is 1.19 bits per heavy atom. The number of fused-ring (bicyclic) bond motifs is 3. The predicted molar refractivity (Wildman–Crippen MR) is 98.8 cm³/mol. The fourth-order valence-corrected chi connectivity index (χ4v) is 4.60. The Morgan fingerprint density at radius 3 is 2.81 bits per heavy atom. The molecule has 0 saturated carbocycles. The number of rotatable bonds is 1. The Morgan fingerprint density at radius 2 is 2.00 bits per heavy atom. The van der Waals surface area contributed by atoms with Gasteiger partial charge in [0.05, 0.1) is 6.20 Å². The highest BCUT2D eigenvalue weighted by Gasteiger charge is 2.44. The number of H-pyrrole nitrogens is 1. The molecule has 1 aromatic carbocycles. The van der Waals surface area contributed by atoms with Gasteiger partial charge in [-0.3, -0.25) is 4.79 Å². The molecule has 1 spiro atoms. The zero-order valence-corrected chi connectivity index (χ0v) is 14.7. The van der Waals surface area contributed by atoms with Crippen LogP contribution in [0, 0.1) is 5.82 Å². The number of piperidine rings is 1. The molecular formula is C21H20FN3O. The van der Waals surface area contributed by atoms with Crippen LogP contribution in [-0.2, 0) is 5.41 Å². The molecule has 3 heterocycles. The van der Waals surface area contributed by atoms with E-state index in [2.05, 4.69) is 28.0 Å². The van der Waals surface area contributed by atoms with Gasteiger partial charge in [-0.25, -0.2) is 9.37 Å². The lowest BCUT2D eigenvalue weighted by Crippen LogP contribution is -2.39. The molecule has 1 aliphatic heterocycles. The van der Waals surface area contributed by atoms with Crippen LogP contribution < -0.4 is 0 Å². The summed E-state index contributed by atoms with van der Waals surface area (Å²) in [6.07, 6.45) is 5.73. The van der Waals surface area contributed by atoms with Crippen molar-refractivity contribution in [1.29, 1.82) is 0 Å².